The topological polar surface area (TPSA) is 35.2 Å². The van der Waals surface area contributed by atoms with Crippen LogP contribution in [0.5, 0.6) is 0 Å². The van der Waals surface area contributed by atoms with Gasteiger partial charge in [-0.2, -0.15) is 5.10 Å². The molecule has 0 saturated heterocycles. The van der Waals surface area contributed by atoms with E-state index in [1.807, 2.05) is 60.3 Å². The molecular formula is C21H24Cl2N4OS. The van der Waals surface area contributed by atoms with Gasteiger partial charge in [0.05, 0.1) is 6.67 Å². The van der Waals surface area contributed by atoms with Crippen LogP contribution in [-0.2, 0) is 24.5 Å². The van der Waals surface area contributed by atoms with Crippen molar-refractivity contribution in [2.75, 3.05) is 20.8 Å². The minimum absolute atomic E-state index is 0.583. The van der Waals surface area contributed by atoms with Gasteiger partial charge in [-0.3, -0.25) is 9.47 Å². The van der Waals surface area contributed by atoms with Crippen LogP contribution >= 0.6 is 35.4 Å². The van der Waals surface area contributed by atoms with E-state index in [0.717, 1.165) is 35.9 Å². The fraction of sp³-hybridized carbons (Fsp3) is 0.333. The van der Waals surface area contributed by atoms with E-state index < -0.39 is 0 Å². The van der Waals surface area contributed by atoms with Crippen molar-refractivity contribution in [3.8, 4) is 11.4 Å². The molecule has 8 heteroatoms. The third-order valence-electron chi connectivity index (χ3n) is 4.50. The lowest BCUT2D eigenvalue weighted by molar-refractivity contribution is 0.190. The Labute approximate surface area is 186 Å². The van der Waals surface area contributed by atoms with Gasteiger partial charge in [0.25, 0.3) is 0 Å². The Morgan fingerprint density at radius 2 is 1.66 bits per heavy atom. The van der Waals surface area contributed by atoms with Gasteiger partial charge in [-0.05, 0) is 67.6 Å². The minimum atomic E-state index is 0.583. The molecular weight excluding hydrogens is 427 g/mol. The first-order chi connectivity index (χ1) is 14.0. The molecule has 0 fully saturated rings. The molecule has 0 unspecified atom stereocenters. The SMILES string of the molecule is COCCCn1c(-c2ccc(Cl)cc2)nn(CN(C)Cc2ccc(Cl)cc2)c1=S. The van der Waals surface area contributed by atoms with Crippen LogP contribution in [0.1, 0.15) is 12.0 Å². The van der Waals surface area contributed by atoms with E-state index in [0.29, 0.717) is 23.1 Å². The van der Waals surface area contributed by atoms with Crippen LogP contribution in [0.2, 0.25) is 10.0 Å². The number of methoxy groups -OCH3 is 1. The van der Waals surface area contributed by atoms with E-state index >= 15 is 0 Å². The minimum Gasteiger partial charge on any atom is -0.385 e. The third kappa shape index (κ3) is 5.90. The second-order valence-corrected chi connectivity index (χ2v) is 8.13. The second-order valence-electron chi connectivity index (χ2n) is 6.89. The van der Waals surface area contributed by atoms with E-state index in [4.69, 9.17) is 45.3 Å². The molecule has 0 aliphatic heterocycles. The van der Waals surface area contributed by atoms with Crippen LogP contribution in [0.15, 0.2) is 48.5 Å². The maximum Gasteiger partial charge on any atom is 0.199 e. The number of aromatic nitrogens is 3. The van der Waals surface area contributed by atoms with E-state index in [9.17, 15) is 0 Å². The van der Waals surface area contributed by atoms with Crippen LogP contribution in [0.25, 0.3) is 11.4 Å². The summed E-state index contributed by atoms with van der Waals surface area (Å²) in [7, 11) is 3.75. The molecule has 0 aliphatic carbocycles. The molecule has 1 heterocycles. The highest BCUT2D eigenvalue weighted by Gasteiger charge is 2.14. The van der Waals surface area contributed by atoms with Crippen molar-refractivity contribution in [3.05, 3.63) is 68.9 Å². The highest BCUT2D eigenvalue weighted by molar-refractivity contribution is 7.71. The molecule has 0 amide bonds. The van der Waals surface area contributed by atoms with Crippen LogP contribution in [0.4, 0.5) is 0 Å². The van der Waals surface area contributed by atoms with Gasteiger partial charge in [0.15, 0.2) is 10.6 Å². The maximum atomic E-state index is 6.05. The van der Waals surface area contributed by atoms with Crippen molar-refractivity contribution in [3.63, 3.8) is 0 Å². The Morgan fingerprint density at radius 1 is 1.03 bits per heavy atom. The Kier molecular flexibility index (Phi) is 7.86. The molecule has 0 N–H and O–H groups in total. The third-order valence-corrected chi connectivity index (χ3v) is 5.43. The first-order valence-electron chi connectivity index (χ1n) is 9.33. The summed E-state index contributed by atoms with van der Waals surface area (Å²) in [6.07, 6.45) is 0.859. The molecule has 0 saturated carbocycles. The largest absolute Gasteiger partial charge is 0.385 e. The second kappa shape index (κ2) is 10.4. The quantitative estimate of drug-likeness (QED) is 0.317. The van der Waals surface area contributed by atoms with Gasteiger partial charge < -0.3 is 4.74 Å². The highest BCUT2D eigenvalue weighted by Crippen LogP contribution is 2.21. The van der Waals surface area contributed by atoms with Crippen LogP contribution in [-0.4, -0.2) is 40.0 Å². The molecule has 0 radical (unpaired) electrons. The fourth-order valence-corrected chi connectivity index (χ4v) is 3.62. The lowest BCUT2D eigenvalue weighted by Gasteiger charge is -2.16. The standard InChI is InChI=1S/C21H24Cl2N4OS/c1-25(14-16-4-8-18(22)9-5-16)15-27-21(29)26(12-3-13-28-2)20(24-27)17-6-10-19(23)11-7-17/h4-11H,3,12-15H2,1-2H3. The summed E-state index contributed by atoms with van der Waals surface area (Å²) in [5, 5.41) is 6.24. The first-order valence-corrected chi connectivity index (χ1v) is 10.5. The van der Waals surface area contributed by atoms with Gasteiger partial charge in [0.2, 0.25) is 0 Å². The predicted molar refractivity (Wildman–Crippen MR) is 121 cm³/mol. The number of hydrogen-bond acceptors (Lipinski definition) is 4. The summed E-state index contributed by atoms with van der Waals surface area (Å²) in [4.78, 5) is 2.16. The molecule has 29 heavy (non-hydrogen) atoms. The van der Waals surface area contributed by atoms with Crippen molar-refractivity contribution in [1.82, 2.24) is 19.2 Å². The summed E-state index contributed by atoms with van der Waals surface area (Å²) in [5.41, 5.74) is 2.16. The van der Waals surface area contributed by atoms with Gasteiger partial charge in [0, 0.05) is 42.4 Å². The van der Waals surface area contributed by atoms with Crippen LogP contribution in [0.3, 0.4) is 0 Å². The molecule has 5 nitrogen and oxygen atoms in total. The number of hydrogen-bond donors (Lipinski definition) is 0. The lowest BCUT2D eigenvalue weighted by Crippen LogP contribution is -2.22. The summed E-state index contributed by atoms with van der Waals surface area (Å²) in [6.45, 7) is 2.76. The molecule has 0 atom stereocenters. The molecule has 0 spiro atoms. The van der Waals surface area contributed by atoms with Gasteiger partial charge in [-0.15, -0.1) is 0 Å². The van der Waals surface area contributed by atoms with Crippen molar-refractivity contribution in [1.29, 1.82) is 0 Å². The van der Waals surface area contributed by atoms with Crippen molar-refractivity contribution >= 4 is 35.4 Å². The first kappa shape index (κ1) is 22.0. The van der Waals surface area contributed by atoms with Gasteiger partial charge >= 0.3 is 0 Å². The lowest BCUT2D eigenvalue weighted by atomic mass is 10.2. The van der Waals surface area contributed by atoms with Crippen LogP contribution < -0.4 is 0 Å². The zero-order chi connectivity index (χ0) is 20.8. The summed E-state index contributed by atoms with van der Waals surface area (Å²) in [6, 6.07) is 15.5. The smallest absolute Gasteiger partial charge is 0.199 e. The van der Waals surface area contributed by atoms with Gasteiger partial charge in [-0.1, -0.05) is 35.3 Å². The molecule has 3 aromatic rings. The zero-order valence-corrected chi connectivity index (χ0v) is 18.8. The predicted octanol–water partition coefficient (Wildman–Crippen LogP) is 5.51. The Morgan fingerprint density at radius 3 is 2.28 bits per heavy atom. The molecule has 3 rings (SSSR count). The molecule has 0 bridgehead atoms. The average Bonchev–Trinajstić information content (AvgIpc) is 3.00. The summed E-state index contributed by atoms with van der Waals surface area (Å²) in [5.74, 6) is 0.836. The molecule has 2 aromatic carbocycles. The van der Waals surface area contributed by atoms with E-state index in [-0.39, 0.29) is 0 Å². The number of halogens is 2. The van der Waals surface area contributed by atoms with E-state index in [1.54, 1.807) is 7.11 Å². The highest BCUT2D eigenvalue weighted by atomic mass is 35.5. The normalized spacial score (nSPS) is 11.3. The van der Waals surface area contributed by atoms with E-state index in [1.165, 1.54) is 5.56 Å². The van der Waals surface area contributed by atoms with Crippen molar-refractivity contribution in [2.45, 2.75) is 26.2 Å². The number of ether oxygens (including phenoxy) is 1. The molecule has 154 valence electrons. The van der Waals surface area contributed by atoms with Crippen molar-refractivity contribution in [2.24, 2.45) is 0 Å². The van der Waals surface area contributed by atoms with Crippen LogP contribution in [0, 0.1) is 4.77 Å². The Hall–Kier alpha value is -1.70. The number of rotatable bonds is 9. The van der Waals surface area contributed by atoms with Gasteiger partial charge in [0.1, 0.15) is 0 Å². The maximum absolute atomic E-state index is 6.05. The van der Waals surface area contributed by atoms with E-state index in [2.05, 4.69) is 9.47 Å². The fourth-order valence-electron chi connectivity index (χ4n) is 3.09. The summed E-state index contributed by atoms with van der Waals surface area (Å²) >= 11 is 17.8. The van der Waals surface area contributed by atoms with Gasteiger partial charge in [-0.25, -0.2) is 4.68 Å². The zero-order valence-electron chi connectivity index (χ0n) is 16.5. The molecule has 0 aliphatic rings. The monoisotopic (exact) mass is 450 g/mol. The number of benzene rings is 2. The average molecular weight is 451 g/mol. The molecule has 1 aromatic heterocycles. The number of nitrogens with zero attached hydrogens (tertiary/aromatic N) is 4. The summed E-state index contributed by atoms with van der Waals surface area (Å²) < 4.78 is 9.82. The Bertz CT molecular complexity index is 983. The van der Waals surface area contributed by atoms with Crippen molar-refractivity contribution < 1.29 is 4.74 Å². The Balaban J connectivity index is 1.83.